The van der Waals surface area contributed by atoms with Crippen LogP contribution in [0.25, 0.3) is 10.1 Å². The molecule has 96 valence electrons. The zero-order chi connectivity index (χ0) is 12.4. The minimum atomic E-state index is 0.391. The van der Waals surface area contributed by atoms with Crippen LogP contribution >= 0.6 is 27.3 Å². The highest BCUT2D eigenvalue weighted by molar-refractivity contribution is 9.09. The van der Waals surface area contributed by atoms with Crippen molar-refractivity contribution in [1.29, 1.82) is 0 Å². The second kappa shape index (κ2) is 5.32. The number of hydrogen-bond acceptors (Lipinski definition) is 2. The summed E-state index contributed by atoms with van der Waals surface area (Å²) < 4.78 is 6.92. The number of thiophene rings is 1. The Morgan fingerprint density at radius 1 is 1.22 bits per heavy atom. The molecule has 0 spiro atoms. The van der Waals surface area contributed by atoms with Crippen LogP contribution in [0.3, 0.4) is 0 Å². The lowest BCUT2D eigenvalue weighted by Crippen LogP contribution is -2.33. The molecule has 18 heavy (non-hydrogen) atoms. The summed E-state index contributed by atoms with van der Waals surface area (Å²) in [7, 11) is 0. The molecular weight excluding hydrogens is 308 g/mol. The molecule has 0 atom stereocenters. The second-order valence-electron chi connectivity index (χ2n) is 5.18. The van der Waals surface area contributed by atoms with Gasteiger partial charge in [0.2, 0.25) is 0 Å². The van der Waals surface area contributed by atoms with E-state index in [-0.39, 0.29) is 0 Å². The van der Waals surface area contributed by atoms with Crippen molar-refractivity contribution < 1.29 is 4.74 Å². The molecule has 1 saturated heterocycles. The normalized spacial score (nSPS) is 19.2. The van der Waals surface area contributed by atoms with E-state index < -0.39 is 0 Å². The monoisotopic (exact) mass is 324 g/mol. The fourth-order valence-electron chi connectivity index (χ4n) is 2.74. The van der Waals surface area contributed by atoms with E-state index in [0.29, 0.717) is 5.41 Å². The molecule has 2 aromatic rings. The third kappa shape index (κ3) is 2.36. The largest absolute Gasteiger partial charge is 0.381 e. The SMILES string of the molecule is BrCC1(Cc2csc3ccccc23)CCOCC1. The molecule has 3 heteroatoms. The standard InChI is InChI=1S/C15H17BrOS/c16-11-15(5-7-17-8-6-15)9-12-10-18-14-4-2-1-3-13(12)14/h1-4,10H,5-9,11H2. The molecule has 0 unspecified atom stereocenters. The topological polar surface area (TPSA) is 9.23 Å². The third-order valence-electron chi connectivity index (χ3n) is 3.96. The highest BCUT2D eigenvalue weighted by atomic mass is 79.9. The smallest absolute Gasteiger partial charge is 0.0471 e. The maximum Gasteiger partial charge on any atom is 0.0471 e. The Balaban J connectivity index is 1.90. The molecule has 0 bridgehead atoms. The molecule has 0 N–H and O–H groups in total. The quantitative estimate of drug-likeness (QED) is 0.747. The predicted molar refractivity (Wildman–Crippen MR) is 81.8 cm³/mol. The van der Waals surface area contributed by atoms with E-state index in [1.807, 2.05) is 11.3 Å². The lowest BCUT2D eigenvalue weighted by Gasteiger charge is -2.35. The number of halogens is 1. The van der Waals surface area contributed by atoms with Crippen molar-refractivity contribution in [3.63, 3.8) is 0 Å². The van der Waals surface area contributed by atoms with Crippen molar-refractivity contribution in [2.75, 3.05) is 18.5 Å². The molecule has 0 aliphatic carbocycles. The van der Waals surface area contributed by atoms with Crippen molar-refractivity contribution in [3.05, 3.63) is 35.2 Å². The van der Waals surface area contributed by atoms with Gasteiger partial charge in [0.25, 0.3) is 0 Å². The molecule has 2 heterocycles. The van der Waals surface area contributed by atoms with Crippen LogP contribution in [0.15, 0.2) is 29.6 Å². The van der Waals surface area contributed by atoms with Gasteiger partial charge in [-0.1, -0.05) is 34.1 Å². The van der Waals surface area contributed by atoms with Crippen molar-refractivity contribution in [3.8, 4) is 0 Å². The summed E-state index contributed by atoms with van der Waals surface area (Å²) in [4.78, 5) is 0. The number of benzene rings is 1. The van der Waals surface area contributed by atoms with Gasteiger partial charge in [0.15, 0.2) is 0 Å². The number of alkyl halides is 1. The molecule has 0 amide bonds. The first-order valence-electron chi connectivity index (χ1n) is 6.42. The van der Waals surface area contributed by atoms with Crippen LogP contribution in [0.4, 0.5) is 0 Å². The van der Waals surface area contributed by atoms with Gasteiger partial charge < -0.3 is 4.74 Å². The van der Waals surface area contributed by atoms with Gasteiger partial charge >= 0.3 is 0 Å². The zero-order valence-corrected chi connectivity index (χ0v) is 12.7. The van der Waals surface area contributed by atoms with Gasteiger partial charge in [-0.3, -0.25) is 0 Å². The first-order valence-corrected chi connectivity index (χ1v) is 8.42. The van der Waals surface area contributed by atoms with Crippen molar-refractivity contribution >= 4 is 37.4 Å². The molecule has 1 aromatic heterocycles. The fourth-order valence-corrected chi connectivity index (χ4v) is 4.46. The lowest BCUT2D eigenvalue weighted by molar-refractivity contribution is 0.0271. The fraction of sp³-hybridized carbons (Fsp3) is 0.467. The van der Waals surface area contributed by atoms with Gasteiger partial charge in [0.05, 0.1) is 0 Å². The summed E-state index contributed by atoms with van der Waals surface area (Å²) in [5, 5.41) is 4.85. The highest BCUT2D eigenvalue weighted by Crippen LogP contribution is 2.39. The third-order valence-corrected chi connectivity index (χ3v) is 6.17. The predicted octanol–water partition coefficient (Wildman–Crippen LogP) is 4.64. The molecule has 1 nitrogen and oxygen atoms in total. The summed E-state index contributed by atoms with van der Waals surface area (Å²) in [6.07, 6.45) is 3.51. The molecule has 0 saturated carbocycles. The van der Waals surface area contributed by atoms with Crippen molar-refractivity contribution in [2.45, 2.75) is 19.3 Å². The van der Waals surface area contributed by atoms with Crippen LogP contribution in [0.2, 0.25) is 0 Å². The molecular formula is C15H17BrOS. The Morgan fingerprint density at radius 2 is 2.00 bits per heavy atom. The van der Waals surface area contributed by atoms with Crippen LogP contribution in [-0.2, 0) is 11.2 Å². The van der Waals surface area contributed by atoms with E-state index in [1.54, 1.807) is 0 Å². The van der Waals surface area contributed by atoms with E-state index >= 15 is 0 Å². The Morgan fingerprint density at radius 3 is 2.78 bits per heavy atom. The van der Waals surface area contributed by atoms with Crippen molar-refractivity contribution in [1.82, 2.24) is 0 Å². The average Bonchev–Trinajstić information content (AvgIpc) is 2.83. The van der Waals surface area contributed by atoms with E-state index in [1.165, 1.54) is 34.9 Å². The number of hydrogen-bond donors (Lipinski definition) is 0. The maximum atomic E-state index is 5.52. The summed E-state index contributed by atoms with van der Waals surface area (Å²) in [6.45, 7) is 1.82. The number of ether oxygens (including phenoxy) is 1. The first kappa shape index (κ1) is 12.6. The summed E-state index contributed by atoms with van der Waals surface area (Å²) >= 11 is 5.59. The first-order chi connectivity index (χ1) is 8.83. The Kier molecular flexibility index (Phi) is 3.73. The van der Waals surface area contributed by atoms with E-state index in [4.69, 9.17) is 4.74 Å². The molecule has 0 radical (unpaired) electrons. The Labute approximate surface area is 120 Å². The van der Waals surface area contributed by atoms with E-state index in [9.17, 15) is 0 Å². The summed E-state index contributed by atoms with van der Waals surface area (Å²) in [5.74, 6) is 0. The van der Waals surface area contributed by atoms with Crippen LogP contribution in [-0.4, -0.2) is 18.5 Å². The van der Waals surface area contributed by atoms with Crippen LogP contribution in [0.5, 0.6) is 0 Å². The van der Waals surface area contributed by atoms with Gasteiger partial charge in [0.1, 0.15) is 0 Å². The van der Waals surface area contributed by atoms with Crippen LogP contribution < -0.4 is 0 Å². The van der Waals surface area contributed by atoms with Gasteiger partial charge in [-0.05, 0) is 47.1 Å². The minimum Gasteiger partial charge on any atom is -0.381 e. The van der Waals surface area contributed by atoms with E-state index in [0.717, 1.165) is 18.5 Å². The Hall–Kier alpha value is -0.380. The zero-order valence-electron chi connectivity index (χ0n) is 10.3. The van der Waals surface area contributed by atoms with Crippen LogP contribution in [0.1, 0.15) is 18.4 Å². The highest BCUT2D eigenvalue weighted by Gasteiger charge is 2.32. The molecule has 1 aromatic carbocycles. The van der Waals surface area contributed by atoms with Gasteiger partial charge in [-0.15, -0.1) is 11.3 Å². The maximum absolute atomic E-state index is 5.52. The lowest BCUT2D eigenvalue weighted by atomic mass is 9.77. The molecule has 1 fully saturated rings. The number of rotatable bonds is 3. The number of fused-ring (bicyclic) bond motifs is 1. The van der Waals surface area contributed by atoms with Crippen molar-refractivity contribution in [2.24, 2.45) is 5.41 Å². The second-order valence-corrected chi connectivity index (χ2v) is 6.65. The molecule has 3 rings (SSSR count). The Bertz CT molecular complexity index is 528. The molecule has 1 aliphatic heterocycles. The molecule has 1 aliphatic rings. The van der Waals surface area contributed by atoms with E-state index in [2.05, 4.69) is 45.6 Å². The van der Waals surface area contributed by atoms with Crippen LogP contribution in [0, 0.1) is 5.41 Å². The summed E-state index contributed by atoms with van der Waals surface area (Å²) in [6, 6.07) is 8.73. The average molecular weight is 325 g/mol. The minimum absolute atomic E-state index is 0.391. The van der Waals surface area contributed by atoms with Gasteiger partial charge in [0, 0.05) is 23.2 Å². The van der Waals surface area contributed by atoms with Gasteiger partial charge in [-0.2, -0.15) is 0 Å². The summed E-state index contributed by atoms with van der Waals surface area (Å²) in [5.41, 5.74) is 1.90. The van der Waals surface area contributed by atoms with Gasteiger partial charge in [-0.25, -0.2) is 0 Å².